The van der Waals surface area contributed by atoms with E-state index in [1.54, 1.807) is 31.4 Å². The Balaban J connectivity index is 1.56. The van der Waals surface area contributed by atoms with E-state index >= 15 is 0 Å². The van der Waals surface area contributed by atoms with Gasteiger partial charge in [-0.05, 0) is 67.7 Å². The molecule has 0 radical (unpaired) electrons. The van der Waals surface area contributed by atoms with Gasteiger partial charge in [0.2, 0.25) is 10.0 Å². The lowest BCUT2D eigenvalue weighted by Gasteiger charge is -2.34. The van der Waals surface area contributed by atoms with E-state index in [0.29, 0.717) is 29.5 Å². The number of ether oxygens (including phenoxy) is 2. The van der Waals surface area contributed by atoms with E-state index in [2.05, 4.69) is 0 Å². The summed E-state index contributed by atoms with van der Waals surface area (Å²) in [5, 5.41) is 0.374. The highest BCUT2D eigenvalue weighted by molar-refractivity contribution is 7.89. The molecular weight excluding hydrogens is 406 g/mol. The minimum atomic E-state index is -3.58. The average molecular weight is 434 g/mol. The number of aryl methyl sites for hydroxylation is 1. The highest BCUT2D eigenvalue weighted by Gasteiger charge is 2.36. The van der Waals surface area contributed by atoms with Crippen molar-refractivity contribution in [1.29, 1.82) is 0 Å². The van der Waals surface area contributed by atoms with Gasteiger partial charge in [-0.1, -0.05) is 36.8 Å². The molecule has 5 nitrogen and oxygen atoms in total. The largest absolute Gasteiger partial charge is 0.497 e. The Morgan fingerprint density at radius 3 is 2.52 bits per heavy atom. The quantitative estimate of drug-likeness (QED) is 0.461. The third-order valence-corrected chi connectivity index (χ3v) is 7.40. The van der Waals surface area contributed by atoms with Crippen molar-refractivity contribution in [3.05, 3.63) is 60.2 Å². The number of nitrogens with zero attached hydrogens (tertiary/aromatic N) is 1. The molecule has 1 aliphatic heterocycles. The second-order valence-corrected chi connectivity index (χ2v) is 9.35. The molecule has 0 aliphatic carbocycles. The minimum Gasteiger partial charge on any atom is -0.497 e. The molecule has 0 spiro atoms. The highest BCUT2D eigenvalue weighted by atomic mass is 32.2. The van der Waals surface area contributed by atoms with Crippen molar-refractivity contribution in [3.8, 4) is 5.75 Å². The summed E-state index contributed by atoms with van der Waals surface area (Å²) in [5.74, 6) is 0.836. The fourth-order valence-electron chi connectivity index (χ4n) is 3.49. The van der Waals surface area contributed by atoms with Crippen LogP contribution in [0.1, 0.15) is 31.2 Å². The zero-order valence-electron chi connectivity index (χ0n) is 16.6. The third kappa shape index (κ3) is 5.56. The lowest BCUT2D eigenvalue weighted by Crippen LogP contribution is -2.48. The lowest BCUT2D eigenvalue weighted by atomic mass is 10.1. The second kappa shape index (κ2) is 10.2. The van der Waals surface area contributed by atoms with Gasteiger partial charge in [0, 0.05) is 6.54 Å². The first-order chi connectivity index (χ1) is 14.0. The fraction of sp³-hybridized carbons (Fsp3) is 0.409. The normalized spacial score (nSPS) is 17.6. The first-order valence-electron chi connectivity index (χ1n) is 9.89. The van der Waals surface area contributed by atoms with E-state index in [9.17, 15) is 8.42 Å². The topological polar surface area (TPSA) is 55.8 Å². The second-order valence-electron chi connectivity index (χ2n) is 7.06. The molecule has 0 saturated carbocycles. The smallest absolute Gasteiger partial charge is 0.243 e. The fourth-order valence-corrected chi connectivity index (χ4v) is 5.57. The summed E-state index contributed by atoms with van der Waals surface area (Å²) in [6, 6.07) is 16.1. The van der Waals surface area contributed by atoms with Gasteiger partial charge in [0.25, 0.3) is 0 Å². The predicted octanol–water partition coefficient (Wildman–Crippen LogP) is 4.22. The summed E-state index contributed by atoms with van der Waals surface area (Å²) in [6.45, 7) is 0.942. The zero-order chi connectivity index (χ0) is 20.7. The number of piperidine rings is 1. The van der Waals surface area contributed by atoms with Crippen LogP contribution >= 0.6 is 12.2 Å². The van der Waals surface area contributed by atoms with Gasteiger partial charge in [-0.25, -0.2) is 8.42 Å². The van der Waals surface area contributed by atoms with Gasteiger partial charge in [0.05, 0.1) is 24.7 Å². The van der Waals surface area contributed by atoms with Crippen LogP contribution in [0.3, 0.4) is 0 Å². The number of benzene rings is 2. The van der Waals surface area contributed by atoms with Crippen LogP contribution in [0.25, 0.3) is 0 Å². The molecule has 1 fully saturated rings. The molecule has 0 bridgehead atoms. The number of sulfonamides is 1. The van der Waals surface area contributed by atoms with E-state index in [1.165, 1.54) is 9.87 Å². The van der Waals surface area contributed by atoms with Crippen molar-refractivity contribution in [2.24, 2.45) is 0 Å². The zero-order valence-corrected chi connectivity index (χ0v) is 18.3. The summed E-state index contributed by atoms with van der Waals surface area (Å²) in [5.41, 5.74) is 1.20. The van der Waals surface area contributed by atoms with Crippen LogP contribution in [0, 0.1) is 0 Å². The Morgan fingerprint density at radius 1 is 1.10 bits per heavy atom. The number of rotatable bonds is 8. The molecule has 1 saturated heterocycles. The van der Waals surface area contributed by atoms with Crippen molar-refractivity contribution in [1.82, 2.24) is 4.31 Å². The molecule has 0 N–H and O–H groups in total. The summed E-state index contributed by atoms with van der Waals surface area (Å²) in [4.78, 5) is 0.300. The SMILES string of the molecule is COc1ccc(CCCOC(=S)C2CCCCN2S(=O)(=O)c2ccccc2)cc1. The first-order valence-corrected chi connectivity index (χ1v) is 11.7. The molecule has 0 amide bonds. The highest BCUT2D eigenvalue weighted by Crippen LogP contribution is 2.26. The first kappa shape index (κ1) is 21.7. The van der Waals surface area contributed by atoms with Crippen molar-refractivity contribution < 1.29 is 17.9 Å². The van der Waals surface area contributed by atoms with Crippen LogP contribution in [-0.2, 0) is 21.2 Å². The van der Waals surface area contributed by atoms with Crippen LogP contribution < -0.4 is 4.74 Å². The van der Waals surface area contributed by atoms with Gasteiger partial charge in [-0.2, -0.15) is 4.31 Å². The molecule has 2 aromatic carbocycles. The monoisotopic (exact) mass is 433 g/mol. The Morgan fingerprint density at radius 2 is 1.83 bits per heavy atom. The minimum absolute atomic E-state index is 0.300. The standard InChI is InChI=1S/C22H27NO4S2/c1-26-19-14-12-18(13-15-19)8-7-17-27-22(28)21-11-5-6-16-23(21)29(24,25)20-9-3-2-4-10-20/h2-4,9-10,12-15,21H,5-8,11,16-17H2,1H3. The van der Waals surface area contributed by atoms with Crippen LogP contribution in [0.4, 0.5) is 0 Å². The molecule has 7 heteroatoms. The molecule has 29 heavy (non-hydrogen) atoms. The summed E-state index contributed by atoms with van der Waals surface area (Å²) < 4.78 is 38.6. The van der Waals surface area contributed by atoms with E-state index in [-0.39, 0.29) is 6.04 Å². The lowest BCUT2D eigenvalue weighted by molar-refractivity contribution is 0.238. The van der Waals surface area contributed by atoms with Gasteiger partial charge in [-0.15, -0.1) is 0 Å². The predicted molar refractivity (Wildman–Crippen MR) is 118 cm³/mol. The van der Waals surface area contributed by atoms with Crippen LogP contribution in [0.15, 0.2) is 59.5 Å². The molecule has 3 rings (SSSR count). The molecule has 1 atom stereocenters. The molecular formula is C22H27NO4S2. The summed E-state index contributed by atoms with van der Waals surface area (Å²) in [6.07, 6.45) is 4.15. The number of thiocarbonyl (C=S) groups is 1. The molecule has 1 heterocycles. The molecule has 156 valence electrons. The maximum absolute atomic E-state index is 13.1. The maximum Gasteiger partial charge on any atom is 0.243 e. The number of hydrogen-bond acceptors (Lipinski definition) is 5. The van der Waals surface area contributed by atoms with Gasteiger partial charge in [0.1, 0.15) is 5.75 Å². The van der Waals surface area contributed by atoms with Crippen LogP contribution in [0.2, 0.25) is 0 Å². The maximum atomic E-state index is 13.1. The van der Waals surface area contributed by atoms with E-state index in [4.69, 9.17) is 21.7 Å². The number of methoxy groups -OCH3 is 1. The van der Waals surface area contributed by atoms with Crippen molar-refractivity contribution >= 4 is 27.3 Å². The molecule has 1 unspecified atom stereocenters. The van der Waals surface area contributed by atoms with E-state index in [1.807, 2.05) is 30.3 Å². The van der Waals surface area contributed by atoms with Crippen molar-refractivity contribution in [2.75, 3.05) is 20.3 Å². The van der Waals surface area contributed by atoms with Gasteiger partial charge in [0.15, 0.2) is 5.05 Å². The Labute approximate surface area is 178 Å². The van der Waals surface area contributed by atoms with E-state index in [0.717, 1.165) is 31.4 Å². The van der Waals surface area contributed by atoms with Crippen LogP contribution in [-0.4, -0.2) is 44.1 Å². The number of hydrogen-bond donors (Lipinski definition) is 0. The van der Waals surface area contributed by atoms with Crippen molar-refractivity contribution in [2.45, 2.75) is 43.0 Å². The Bertz CT molecular complexity index is 898. The average Bonchev–Trinajstić information content (AvgIpc) is 2.77. The Hall–Kier alpha value is -1.96. The summed E-state index contributed by atoms with van der Waals surface area (Å²) in [7, 11) is -1.93. The van der Waals surface area contributed by atoms with Crippen LogP contribution in [0.5, 0.6) is 5.75 Å². The van der Waals surface area contributed by atoms with Gasteiger partial charge >= 0.3 is 0 Å². The molecule has 1 aliphatic rings. The molecule has 2 aromatic rings. The third-order valence-electron chi connectivity index (χ3n) is 5.09. The van der Waals surface area contributed by atoms with Gasteiger partial charge in [-0.3, -0.25) is 0 Å². The van der Waals surface area contributed by atoms with Crippen molar-refractivity contribution in [3.63, 3.8) is 0 Å². The molecule has 0 aromatic heterocycles. The van der Waals surface area contributed by atoms with E-state index < -0.39 is 10.0 Å². The Kier molecular flexibility index (Phi) is 7.64. The van der Waals surface area contributed by atoms with Gasteiger partial charge < -0.3 is 9.47 Å². The summed E-state index contributed by atoms with van der Waals surface area (Å²) >= 11 is 5.49.